The molecular weight excluding hydrogens is 218 g/mol. The van der Waals surface area contributed by atoms with Crippen LogP contribution in [0, 0.1) is 5.92 Å². The Morgan fingerprint density at radius 2 is 2.43 bits per heavy atom. The van der Waals surface area contributed by atoms with Gasteiger partial charge in [-0.2, -0.15) is 11.8 Å². The number of hydrogen-bond donors (Lipinski definition) is 1. The molecule has 1 N–H and O–H groups in total. The van der Waals surface area contributed by atoms with E-state index in [1.807, 2.05) is 5.38 Å². The first kappa shape index (κ1) is 11.5. The molecule has 0 amide bonds. The fraction of sp³-hybridized carbons (Fsp3) is 0.556. The zero-order valence-electron chi connectivity index (χ0n) is 8.19. The second-order valence-electron chi connectivity index (χ2n) is 3.36. The molecule has 0 bridgehead atoms. The Balaban J connectivity index is 2.40. The highest BCUT2D eigenvalue weighted by molar-refractivity contribution is 7.98. The third-order valence-electron chi connectivity index (χ3n) is 1.44. The van der Waals surface area contributed by atoms with Crippen molar-refractivity contribution in [3.05, 3.63) is 16.1 Å². The van der Waals surface area contributed by atoms with Crippen molar-refractivity contribution in [2.24, 2.45) is 5.92 Å². The minimum absolute atomic E-state index is 0.185. The van der Waals surface area contributed by atoms with E-state index in [1.165, 1.54) is 11.3 Å². The summed E-state index contributed by atoms with van der Waals surface area (Å²) in [4.78, 5) is 14.5. The summed E-state index contributed by atoms with van der Waals surface area (Å²) >= 11 is 2.98. The van der Waals surface area contributed by atoms with Gasteiger partial charge in [0.15, 0.2) is 0 Å². The lowest BCUT2D eigenvalue weighted by molar-refractivity contribution is 0.0696. The summed E-state index contributed by atoms with van der Waals surface area (Å²) in [6, 6.07) is 0. The molecule has 1 heterocycles. The summed E-state index contributed by atoms with van der Waals surface area (Å²) in [5.74, 6) is 1.62. The predicted molar refractivity (Wildman–Crippen MR) is 60.1 cm³/mol. The Kier molecular flexibility index (Phi) is 4.41. The van der Waals surface area contributed by atoms with Gasteiger partial charge < -0.3 is 5.11 Å². The number of thioether (sulfide) groups is 1. The number of carboxylic acid groups (broad SMARTS) is 1. The van der Waals surface area contributed by atoms with Gasteiger partial charge in [0, 0.05) is 11.1 Å². The van der Waals surface area contributed by atoms with Gasteiger partial charge in [-0.15, -0.1) is 11.3 Å². The van der Waals surface area contributed by atoms with E-state index in [-0.39, 0.29) is 5.01 Å². The smallest absolute Gasteiger partial charge is 0.365 e. The minimum atomic E-state index is -0.935. The zero-order chi connectivity index (χ0) is 10.6. The van der Waals surface area contributed by atoms with E-state index in [0.717, 1.165) is 17.2 Å². The molecule has 0 aliphatic heterocycles. The number of aromatic carboxylic acids is 1. The second kappa shape index (κ2) is 5.36. The van der Waals surface area contributed by atoms with E-state index >= 15 is 0 Å². The lowest BCUT2D eigenvalue weighted by Crippen LogP contribution is -1.96. The average molecular weight is 231 g/mol. The van der Waals surface area contributed by atoms with Crippen LogP contribution in [0.1, 0.15) is 29.3 Å². The number of thiazole rings is 1. The van der Waals surface area contributed by atoms with Crippen molar-refractivity contribution in [1.82, 2.24) is 4.98 Å². The lowest BCUT2D eigenvalue weighted by atomic mass is 10.3. The molecule has 0 aliphatic carbocycles. The maximum absolute atomic E-state index is 10.5. The molecule has 0 saturated heterocycles. The normalized spacial score (nSPS) is 10.8. The van der Waals surface area contributed by atoms with Crippen molar-refractivity contribution < 1.29 is 9.90 Å². The summed E-state index contributed by atoms with van der Waals surface area (Å²) in [6.07, 6.45) is 0. The van der Waals surface area contributed by atoms with Crippen molar-refractivity contribution in [3.63, 3.8) is 0 Å². The van der Waals surface area contributed by atoms with Crippen LogP contribution in [0.4, 0.5) is 0 Å². The van der Waals surface area contributed by atoms with Crippen molar-refractivity contribution in [2.75, 3.05) is 5.75 Å². The molecule has 1 rings (SSSR count). The Labute approximate surface area is 91.6 Å². The van der Waals surface area contributed by atoms with Crippen LogP contribution in [-0.4, -0.2) is 21.8 Å². The maximum atomic E-state index is 10.5. The van der Waals surface area contributed by atoms with Gasteiger partial charge in [0.05, 0.1) is 5.69 Å². The van der Waals surface area contributed by atoms with Crippen LogP contribution < -0.4 is 0 Å². The van der Waals surface area contributed by atoms with Crippen LogP contribution in [0.15, 0.2) is 5.38 Å². The zero-order valence-corrected chi connectivity index (χ0v) is 9.82. The van der Waals surface area contributed by atoms with Gasteiger partial charge in [-0.1, -0.05) is 13.8 Å². The highest BCUT2D eigenvalue weighted by atomic mass is 32.2. The first-order chi connectivity index (χ1) is 6.59. The fourth-order valence-corrected chi connectivity index (χ4v) is 2.58. The molecule has 0 spiro atoms. The van der Waals surface area contributed by atoms with Crippen molar-refractivity contribution in [2.45, 2.75) is 19.6 Å². The molecule has 0 fully saturated rings. The molecule has 0 unspecified atom stereocenters. The topological polar surface area (TPSA) is 50.2 Å². The van der Waals surface area contributed by atoms with Gasteiger partial charge >= 0.3 is 5.97 Å². The summed E-state index contributed by atoms with van der Waals surface area (Å²) in [7, 11) is 0. The van der Waals surface area contributed by atoms with E-state index in [1.54, 1.807) is 11.8 Å². The van der Waals surface area contributed by atoms with E-state index in [0.29, 0.717) is 5.92 Å². The van der Waals surface area contributed by atoms with Gasteiger partial charge in [0.2, 0.25) is 5.01 Å². The number of carbonyl (C=O) groups is 1. The second-order valence-corrected chi connectivity index (χ2v) is 5.25. The number of nitrogens with zero attached hydrogens (tertiary/aromatic N) is 1. The molecule has 14 heavy (non-hydrogen) atoms. The summed E-state index contributed by atoms with van der Waals surface area (Å²) in [5.41, 5.74) is 0.873. The molecule has 0 aromatic carbocycles. The van der Waals surface area contributed by atoms with Gasteiger partial charge in [0.1, 0.15) is 0 Å². The number of hydrogen-bond acceptors (Lipinski definition) is 4. The van der Waals surface area contributed by atoms with Gasteiger partial charge in [0.25, 0.3) is 0 Å². The van der Waals surface area contributed by atoms with Gasteiger partial charge in [-0.05, 0) is 11.7 Å². The third-order valence-corrected chi connectivity index (χ3v) is 3.72. The highest BCUT2D eigenvalue weighted by Gasteiger charge is 2.08. The fourth-order valence-electron chi connectivity index (χ4n) is 0.871. The van der Waals surface area contributed by atoms with E-state index in [4.69, 9.17) is 5.11 Å². The van der Waals surface area contributed by atoms with Crippen LogP contribution in [-0.2, 0) is 5.75 Å². The SMILES string of the molecule is CC(C)CSCc1csc(C(=O)O)n1. The Morgan fingerprint density at radius 3 is 2.93 bits per heavy atom. The molecule has 0 radical (unpaired) electrons. The van der Waals surface area contributed by atoms with E-state index in [2.05, 4.69) is 18.8 Å². The molecule has 3 nitrogen and oxygen atoms in total. The molecule has 0 aliphatic rings. The summed E-state index contributed by atoms with van der Waals surface area (Å²) < 4.78 is 0. The number of rotatable bonds is 5. The van der Waals surface area contributed by atoms with Crippen molar-refractivity contribution >= 4 is 29.1 Å². The highest BCUT2D eigenvalue weighted by Crippen LogP contribution is 2.17. The van der Waals surface area contributed by atoms with Crippen LogP contribution >= 0.6 is 23.1 Å². The number of carboxylic acids is 1. The van der Waals surface area contributed by atoms with E-state index < -0.39 is 5.97 Å². The molecule has 1 aromatic heterocycles. The Hall–Kier alpha value is -0.550. The maximum Gasteiger partial charge on any atom is 0.365 e. The lowest BCUT2D eigenvalue weighted by Gasteiger charge is -2.01. The molecule has 0 atom stereocenters. The first-order valence-electron chi connectivity index (χ1n) is 4.35. The number of aromatic nitrogens is 1. The van der Waals surface area contributed by atoms with Crippen LogP contribution in [0.25, 0.3) is 0 Å². The van der Waals surface area contributed by atoms with E-state index in [9.17, 15) is 4.79 Å². The van der Waals surface area contributed by atoms with Crippen LogP contribution in [0.2, 0.25) is 0 Å². The molecule has 5 heteroatoms. The monoisotopic (exact) mass is 231 g/mol. The average Bonchev–Trinajstić information content (AvgIpc) is 2.52. The Morgan fingerprint density at radius 1 is 1.71 bits per heavy atom. The minimum Gasteiger partial charge on any atom is -0.476 e. The predicted octanol–water partition coefficient (Wildman–Crippen LogP) is 2.73. The molecule has 1 aromatic rings. The van der Waals surface area contributed by atoms with Crippen LogP contribution in [0.3, 0.4) is 0 Å². The molecular formula is C9H13NO2S2. The Bertz CT molecular complexity index is 310. The quantitative estimate of drug-likeness (QED) is 0.846. The largest absolute Gasteiger partial charge is 0.476 e. The summed E-state index contributed by atoms with van der Waals surface area (Å²) in [5, 5.41) is 10.7. The van der Waals surface area contributed by atoms with Gasteiger partial charge in [-0.25, -0.2) is 9.78 Å². The first-order valence-corrected chi connectivity index (χ1v) is 6.38. The van der Waals surface area contributed by atoms with Crippen molar-refractivity contribution in [1.29, 1.82) is 0 Å². The van der Waals surface area contributed by atoms with Crippen molar-refractivity contribution in [3.8, 4) is 0 Å². The molecule has 78 valence electrons. The molecule has 0 saturated carbocycles. The van der Waals surface area contributed by atoms with Crippen LogP contribution in [0.5, 0.6) is 0 Å². The van der Waals surface area contributed by atoms with Gasteiger partial charge in [-0.3, -0.25) is 0 Å². The standard InChI is InChI=1S/C9H13NO2S2/c1-6(2)3-13-4-7-5-14-8(10-7)9(11)12/h5-6H,3-4H2,1-2H3,(H,11,12). The third kappa shape index (κ3) is 3.67. The summed E-state index contributed by atoms with van der Waals surface area (Å²) in [6.45, 7) is 4.33.